The van der Waals surface area contributed by atoms with E-state index in [-0.39, 0.29) is 11.7 Å². The Morgan fingerprint density at radius 2 is 2.05 bits per heavy atom. The third-order valence-electron chi connectivity index (χ3n) is 3.66. The van der Waals surface area contributed by atoms with E-state index in [2.05, 4.69) is 15.9 Å². The van der Waals surface area contributed by atoms with E-state index in [4.69, 9.17) is 5.73 Å². The number of anilines is 2. The Morgan fingerprint density at radius 1 is 1.24 bits per heavy atom. The zero-order valence-electron chi connectivity index (χ0n) is 11.3. The summed E-state index contributed by atoms with van der Waals surface area (Å²) in [4.78, 5) is 14.4. The van der Waals surface area contributed by atoms with Crippen molar-refractivity contribution in [2.45, 2.75) is 12.8 Å². The van der Waals surface area contributed by atoms with Gasteiger partial charge in [0.25, 0.3) is 5.91 Å². The van der Waals surface area contributed by atoms with Crippen molar-refractivity contribution in [2.24, 2.45) is 0 Å². The molecule has 4 nitrogen and oxygen atoms in total. The third-order valence-corrected chi connectivity index (χ3v) is 4.33. The summed E-state index contributed by atoms with van der Waals surface area (Å²) in [6, 6.07) is 10.5. The number of fused-ring (bicyclic) bond motifs is 1. The maximum absolute atomic E-state index is 12.7. The number of nitrogens with zero attached hydrogens (tertiary/aromatic N) is 1. The minimum Gasteiger partial charge on any atom is -0.507 e. The van der Waals surface area contributed by atoms with E-state index < -0.39 is 0 Å². The van der Waals surface area contributed by atoms with Crippen LogP contribution >= 0.6 is 15.9 Å². The van der Waals surface area contributed by atoms with Crippen LogP contribution in [-0.2, 0) is 6.42 Å². The molecule has 0 fully saturated rings. The summed E-state index contributed by atoms with van der Waals surface area (Å²) in [7, 11) is 0. The van der Waals surface area contributed by atoms with Crippen LogP contribution in [0.5, 0.6) is 5.75 Å². The van der Waals surface area contributed by atoms with Gasteiger partial charge in [0.2, 0.25) is 0 Å². The normalized spacial score (nSPS) is 13.9. The number of aromatic hydroxyl groups is 1. The summed E-state index contributed by atoms with van der Waals surface area (Å²) < 4.78 is 0.575. The van der Waals surface area contributed by atoms with Gasteiger partial charge in [0.1, 0.15) is 5.75 Å². The lowest BCUT2D eigenvalue weighted by atomic mass is 10.00. The van der Waals surface area contributed by atoms with Crippen LogP contribution in [0.25, 0.3) is 0 Å². The Bertz CT molecular complexity index is 715. The highest BCUT2D eigenvalue weighted by Crippen LogP contribution is 2.31. The molecule has 1 aliphatic rings. The van der Waals surface area contributed by atoms with Gasteiger partial charge in [0.15, 0.2) is 0 Å². The molecule has 1 amide bonds. The molecular formula is C16H15BrN2O2. The smallest absolute Gasteiger partial charge is 0.258 e. The van der Waals surface area contributed by atoms with E-state index in [0.717, 1.165) is 24.1 Å². The van der Waals surface area contributed by atoms with Crippen LogP contribution in [0.1, 0.15) is 22.3 Å². The average molecular weight is 347 g/mol. The molecule has 3 rings (SSSR count). The van der Waals surface area contributed by atoms with Crippen LogP contribution in [0.15, 0.2) is 40.9 Å². The van der Waals surface area contributed by atoms with Crippen molar-refractivity contribution in [1.82, 2.24) is 0 Å². The van der Waals surface area contributed by atoms with Crippen LogP contribution in [0.3, 0.4) is 0 Å². The maximum Gasteiger partial charge on any atom is 0.258 e. The summed E-state index contributed by atoms with van der Waals surface area (Å²) in [6.07, 6.45) is 1.83. The number of nitrogens with two attached hydrogens (primary N) is 1. The lowest BCUT2D eigenvalue weighted by Gasteiger charge is -2.29. The van der Waals surface area contributed by atoms with E-state index in [1.165, 1.54) is 6.07 Å². The first-order valence-corrected chi connectivity index (χ1v) is 7.54. The molecule has 0 unspecified atom stereocenters. The predicted octanol–water partition coefficient (Wildman–Crippen LogP) is 3.33. The molecule has 108 valence electrons. The predicted molar refractivity (Wildman–Crippen MR) is 86.7 cm³/mol. The zero-order valence-corrected chi connectivity index (χ0v) is 12.9. The van der Waals surface area contributed by atoms with Crippen LogP contribution in [0.4, 0.5) is 11.4 Å². The topological polar surface area (TPSA) is 66.6 Å². The molecule has 0 radical (unpaired) electrons. The number of rotatable bonds is 1. The summed E-state index contributed by atoms with van der Waals surface area (Å²) in [6.45, 7) is 0.673. The number of amides is 1. The van der Waals surface area contributed by atoms with Crippen molar-refractivity contribution in [1.29, 1.82) is 0 Å². The van der Waals surface area contributed by atoms with E-state index >= 15 is 0 Å². The molecule has 2 aromatic carbocycles. The SMILES string of the molecule is Nc1ccc2c(c1)CCCN2C(=O)c1ccc(Br)c(O)c1. The van der Waals surface area contributed by atoms with E-state index in [1.807, 2.05) is 18.2 Å². The highest BCUT2D eigenvalue weighted by atomic mass is 79.9. The maximum atomic E-state index is 12.7. The van der Waals surface area contributed by atoms with Crippen LogP contribution in [-0.4, -0.2) is 17.6 Å². The molecule has 1 heterocycles. The van der Waals surface area contributed by atoms with Gasteiger partial charge in [0.05, 0.1) is 4.47 Å². The second kappa shape index (κ2) is 5.41. The molecule has 0 saturated heterocycles. The number of halogens is 1. The van der Waals surface area contributed by atoms with Gasteiger partial charge < -0.3 is 15.7 Å². The number of phenols is 1. The number of phenolic OH excluding ortho intramolecular Hbond substituents is 1. The second-order valence-corrected chi connectivity index (χ2v) is 5.97. The fourth-order valence-corrected chi connectivity index (χ4v) is 2.88. The van der Waals surface area contributed by atoms with Gasteiger partial charge in [-0.1, -0.05) is 0 Å². The molecule has 2 aromatic rings. The van der Waals surface area contributed by atoms with Crippen LogP contribution < -0.4 is 10.6 Å². The van der Waals surface area contributed by atoms with Crippen LogP contribution in [0.2, 0.25) is 0 Å². The van der Waals surface area contributed by atoms with Crippen molar-refractivity contribution in [3.63, 3.8) is 0 Å². The van der Waals surface area contributed by atoms with Gasteiger partial charge in [0, 0.05) is 23.5 Å². The Labute approximate surface area is 131 Å². The first kappa shape index (κ1) is 13.9. The van der Waals surface area contributed by atoms with E-state index in [1.54, 1.807) is 17.0 Å². The molecule has 0 bridgehead atoms. The number of hydrogen-bond donors (Lipinski definition) is 2. The largest absolute Gasteiger partial charge is 0.507 e. The molecule has 3 N–H and O–H groups in total. The Balaban J connectivity index is 1.98. The van der Waals surface area contributed by atoms with Crippen molar-refractivity contribution >= 4 is 33.2 Å². The van der Waals surface area contributed by atoms with E-state index in [0.29, 0.717) is 22.3 Å². The van der Waals surface area contributed by atoms with Crippen molar-refractivity contribution in [2.75, 3.05) is 17.2 Å². The summed E-state index contributed by atoms with van der Waals surface area (Å²) in [5, 5.41) is 9.74. The summed E-state index contributed by atoms with van der Waals surface area (Å²) in [5.41, 5.74) is 8.99. The minimum atomic E-state index is -0.108. The number of nitrogen functional groups attached to an aromatic ring is 1. The average Bonchev–Trinajstić information content (AvgIpc) is 2.48. The third kappa shape index (κ3) is 2.61. The first-order valence-electron chi connectivity index (χ1n) is 6.75. The zero-order chi connectivity index (χ0) is 15.0. The molecular weight excluding hydrogens is 332 g/mol. The highest BCUT2D eigenvalue weighted by molar-refractivity contribution is 9.10. The number of carbonyl (C=O) groups excluding carboxylic acids is 1. The molecule has 0 spiro atoms. The molecule has 21 heavy (non-hydrogen) atoms. The molecule has 0 aliphatic carbocycles. The van der Waals surface area contributed by atoms with Crippen molar-refractivity contribution < 1.29 is 9.90 Å². The minimum absolute atomic E-state index is 0.0652. The highest BCUT2D eigenvalue weighted by Gasteiger charge is 2.24. The number of benzene rings is 2. The second-order valence-electron chi connectivity index (χ2n) is 5.11. The van der Waals surface area contributed by atoms with E-state index in [9.17, 15) is 9.90 Å². The summed E-state index contributed by atoms with van der Waals surface area (Å²) in [5.74, 6) is -0.0427. The number of aryl methyl sites for hydroxylation is 1. The lowest BCUT2D eigenvalue weighted by molar-refractivity contribution is 0.0984. The van der Waals surface area contributed by atoms with Gasteiger partial charge in [-0.25, -0.2) is 0 Å². The number of carbonyl (C=O) groups is 1. The standard InChI is InChI=1S/C16H15BrN2O2/c17-13-5-3-11(9-15(13)20)16(21)19-7-1-2-10-8-12(18)4-6-14(10)19/h3-6,8-9,20H,1-2,7,18H2. The van der Waals surface area contributed by atoms with Gasteiger partial charge in [-0.15, -0.1) is 0 Å². The Kier molecular flexibility index (Phi) is 3.59. The Morgan fingerprint density at radius 3 is 2.81 bits per heavy atom. The van der Waals surface area contributed by atoms with Gasteiger partial charge >= 0.3 is 0 Å². The molecule has 5 heteroatoms. The lowest BCUT2D eigenvalue weighted by Crippen LogP contribution is -2.35. The van der Waals surface area contributed by atoms with Crippen molar-refractivity contribution in [3.8, 4) is 5.75 Å². The molecule has 0 atom stereocenters. The van der Waals surface area contributed by atoms with Crippen LogP contribution in [0, 0.1) is 0 Å². The first-order chi connectivity index (χ1) is 10.1. The van der Waals surface area contributed by atoms with Crippen molar-refractivity contribution in [3.05, 3.63) is 52.0 Å². The summed E-state index contributed by atoms with van der Waals surface area (Å²) >= 11 is 3.22. The number of hydrogen-bond acceptors (Lipinski definition) is 3. The van der Waals surface area contributed by atoms with Gasteiger partial charge in [-0.3, -0.25) is 4.79 Å². The fourth-order valence-electron chi connectivity index (χ4n) is 2.63. The van der Waals surface area contributed by atoms with Gasteiger partial charge in [-0.2, -0.15) is 0 Å². The Hall–Kier alpha value is -2.01. The van der Waals surface area contributed by atoms with Gasteiger partial charge in [-0.05, 0) is 70.7 Å². The molecule has 1 aliphatic heterocycles. The molecule has 0 aromatic heterocycles. The quantitative estimate of drug-likeness (QED) is 0.778. The monoisotopic (exact) mass is 346 g/mol. The fraction of sp³-hybridized carbons (Fsp3) is 0.188. The molecule has 0 saturated carbocycles.